The van der Waals surface area contributed by atoms with Gasteiger partial charge in [0.05, 0.1) is 13.0 Å². The van der Waals surface area contributed by atoms with Gasteiger partial charge in [-0.15, -0.1) is 0 Å². The van der Waals surface area contributed by atoms with Crippen molar-refractivity contribution in [2.45, 2.75) is 50.7 Å². The molecular formula is C11H21NaO7S. The van der Waals surface area contributed by atoms with Crippen LogP contribution in [0, 0.1) is 0 Å². The van der Waals surface area contributed by atoms with Crippen LogP contribution in [0.15, 0.2) is 0 Å². The first-order chi connectivity index (χ1) is 8.79. The van der Waals surface area contributed by atoms with Gasteiger partial charge in [-0.2, -0.15) is 8.42 Å². The van der Waals surface area contributed by atoms with Crippen molar-refractivity contribution in [3.05, 3.63) is 0 Å². The van der Waals surface area contributed by atoms with Crippen molar-refractivity contribution in [3.63, 3.8) is 0 Å². The van der Waals surface area contributed by atoms with Gasteiger partial charge < -0.3 is 9.84 Å². The van der Waals surface area contributed by atoms with Crippen LogP contribution in [0.1, 0.15) is 45.4 Å². The topological polar surface area (TPSA) is 118 Å². The van der Waals surface area contributed by atoms with Crippen molar-refractivity contribution in [2.75, 3.05) is 6.61 Å². The molecule has 7 nitrogen and oxygen atoms in total. The van der Waals surface area contributed by atoms with Crippen molar-refractivity contribution in [1.29, 1.82) is 0 Å². The number of hydrogen-bond donors (Lipinski definition) is 2. The predicted octanol–water partition coefficient (Wildman–Crippen LogP) is 0.583. The average Bonchev–Trinajstić information content (AvgIpc) is 2.28. The number of hydrogen-bond acceptors (Lipinski definition) is 5. The summed E-state index contributed by atoms with van der Waals surface area (Å²) in [5, 5.41) is 6.43. The third-order valence-electron chi connectivity index (χ3n) is 2.47. The van der Waals surface area contributed by atoms with E-state index in [-0.39, 0.29) is 36.2 Å². The second-order valence-corrected chi connectivity index (χ2v) is 5.78. The summed E-state index contributed by atoms with van der Waals surface area (Å²) in [6.07, 6.45) is 3.55. The zero-order valence-corrected chi connectivity index (χ0v) is 11.7. The quantitative estimate of drug-likeness (QED) is 0.262. The number of ether oxygens (including phenoxy) is 1. The van der Waals surface area contributed by atoms with Gasteiger partial charge in [0.2, 0.25) is 0 Å². The molecule has 0 amide bonds. The Morgan fingerprint density at radius 1 is 1.15 bits per heavy atom. The first-order valence-corrected chi connectivity index (χ1v) is 7.64. The van der Waals surface area contributed by atoms with Crippen LogP contribution in [0.25, 0.3) is 0 Å². The molecule has 0 bridgehead atoms. The predicted molar refractivity (Wildman–Crippen MR) is 74.5 cm³/mol. The molecule has 0 aromatic heterocycles. The van der Waals surface area contributed by atoms with Crippen molar-refractivity contribution in [3.8, 4) is 0 Å². The van der Waals surface area contributed by atoms with E-state index < -0.39 is 33.7 Å². The second kappa shape index (κ2) is 11.5. The zero-order chi connectivity index (χ0) is 14.9. The number of carbonyl (C=O) groups excluding carboxylic acids is 1. The Morgan fingerprint density at radius 2 is 1.70 bits per heavy atom. The van der Waals surface area contributed by atoms with Gasteiger partial charge in [0, 0.05) is 0 Å². The molecule has 0 spiro atoms. The number of carbonyl (C=O) groups is 2. The fourth-order valence-electron chi connectivity index (χ4n) is 1.44. The van der Waals surface area contributed by atoms with Crippen molar-refractivity contribution >= 4 is 51.6 Å². The fraction of sp³-hybridized carbons (Fsp3) is 0.818. The van der Waals surface area contributed by atoms with Gasteiger partial charge >= 0.3 is 41.5 Å². The van der Waals surface area contributed by atoms with E-state index in [4.69, 9.17) is 9.66 Å². The summed E-state index contributed by atoms with van der Waals surface area (Å²) in [6.45, 7) is 2.08. The van der Waals surface area contributed by atoms with Gasteiger partial charge in [0.1, 0.15) is 0 Å². The van der Waals surface area contributed by atoms with Gasteiger partial charge in [-0.05, 0) is 6.42 Å². The number of unbranched alkanes of at least 4 members (excludes halogenated alkanes) is 4. The molecule has 20 heavy (non-hydrogen) atoms. The monoisotopic (exact) mass is 320 g/mol. The molecule has 114 valence electrons. The van der Waals surface area contributed by atoms with E-state index in [1.165, 1.54) is 0 Å². The first kappa shape index (κ1) is 22.1. The van der Waals surface area contributed by atoms with E-state index in [2.05, 4.69) is 11.7 Å². The van der Waals surface area contributed by atoms with Crippen molar-refractivity contribution in [1.82, 2.24) is 0 Å². The maximum atomic E-state index is 11.4. The molecule has 0 aliphatic carbocycles. The summed E-state index contributed by atoms with van der Waals surface area (Å²) in [7, 11) is -4.77. The Labute approximate surface area is 141 Å². The van der Waals surface area contributed by atoms with E-state index in [0.717, 1.165) is 25.7 Å². The number of esters is 1. The Bertz CT molecular complexity index is 394. The molecule has 0 aromatic carbocycles. The van der Waals surface area contributed by atoms with Crippen LogP contribution < -0.4 is 0 Å². The summed E-state index contributed by atoms with van der Waals surface area (Å²) in [4.78, 5) is 21.8. The van der Waals surface area contributed by atoms with Gasteiger partial charge in [0.15, 0.2) is 5.25 Å². The Kier molecular flexibility index (Phi) is 12.7. The molecule has 9 heteroatoms. The summed E-state index contributed by atoms with van der Waals surface area (Å²) in [5.74, 6) is -2.72. The molecule has 0 fully saturated rings. The normalized spacial score (nSPS) is 12.3. The molecule has 0 saturated heterocycles. The second-order valence-electron chi connectivity index (χ2n) is 4.18. The number of carboxylic acid groups (broad SMARTS) is 1. The SMILES string of the molecule is CCCCCCCOC(=O)C(CC(=O)O)S(=O)(=O)O.[NaH]. The van der Waals surface area contributed by atoms with E-state index in [1.54, 1.807) is 0 Å². The van der Waals surface area contributed by atoms with E-state index in [0.29, 0.717) is 6.42 Å². The zero-order valence-electron chi connectivity index (χ0n) is 10.9. The molecular weight excluding hydrogens is 299 g/mol. The Balaban J connectivity index is 0. The van der Waals surface area contributed by atoms with Gasteiger partial charge in [0.25, 0.3) is 10.1 Å². The van der Waals surface area contributed by atoms with E-state index >= 15 is 0 Å². The number of carboxylic acids is 1. The summed E-state index contributed by atoms with van der Waals surface area (Å²) < 4.78 is 35.2. The van der Waals surface area contributed by atoms with E-state index in [9.17, 15) is 18.0 Å². The molecule has 0 aliphatic heterocycles. The van der Waals surface area contributed by atoms with Crippen LogP contribution in [0.5, 0.6) is 0 Å². The minimum absolute atomic E-state index is 0. The fourth-order valence-corrected chi connectivity index (χ4v) is 2.10. The van der Waals surface area contributed by atoms with Gasteiger partial charge in [-0.25, -0.2) is 0 Å². The summed E-state index contributed by atoms with van der Waals surface area (Å²) in [5.41, 5.74) is 0. The molecule has 0 rings (SSSR count). The third-order valence-corrected chi connectivity index (χ3v) is 3.55. The Hall–Kier alpha value is -0.150. The molecule has 0 heterocycles. The number of aliphatic carboxylic acids is 1. The minimum atomic E-state index is -4.77. The van der Waals surface area contributed by atoms with Crippen molar-refractivity contribution < 1.29 is 32.4 Å². The van der Waals surface area contributed by atoms with Gasteiger partial charge in [-0.1, -0.05) is 32.6 Å². The maximum absolute atomic E-state index is 11.4. The molecule has 1 unspecified atom stereocenters. The molecule has 2 N–H and O–H groups in total. The summed E-state index contributed by atoms with van der Waals surface area (Å²) in [6, 6.07) is 0. The van der Waals surface area contributed by atoms with Crippen LogP contribution in [0.3, 0.4) is 0 Å². The third kappa shape index (κ3) is 10.6. The standard InChI is InChI=1S/C11H20O7S.Na.H/c1-2-3-4-5-6-7-18-11(14)9(8-10(12)13)19(15,16)17;;/h9H,2-8H2,1H3,(H,12,13)(H,15,16,17);;. The first-order valence-electron chi connectivity index (χ1n) is 6.13. The molecule has 0 saturated carbocycles. The Morgan fingerprint density at radius 3 is 2.15 bits per heavy atom. The number of rotatable bonds is 10. The van der Waals surface area contributed by atoms with Crippen LogP contribution in [-0.2, 0) is 24.4 Å². The molecule has 0 aliphatic rings. The average molecular weight is 320 g/mol. The van der Waals surface area contributed by atoms with Gasteiger partial charge in [-0.3, -0.25) is 14.1 Å². The molecule has 0 aromatic rings. The molecule has 0 radical (unpaired) electrons. The van der Waals surface area contributed by atoms with Crippen LogP contribution in [0.4, 0.5) is 0 Å². The van der Waals surface area contributed by atoms with Crippen LogP contribution in [-0.4, -0.2) is 71.4 Å². The van der Waals surface area contributed by atoms with Crippen molar-refractivity contribution in [2.24, 2.45) is 0 Å². The van der Waals surface area contributed by atoms with Crippen LogP contribution in [0.2, 0.25) is 0 Å². The van der Waals surface area contributed by atoms with E-state index in [1.807, 2.05) is 0 Å². The van der Waals surface area contributed by atoms with Crippen LogP contribution >= 0.6 is 0 Å². The molecule has 1 atom stereocenters. The summed E-state index contributed by atoms with van der Waals surface area (Å²) >= 11 is 0.